The molecule has 1 saturated carbocycles. The number of hydrogen-bond donors (Lipinski definition) is 1. The monoisotopic (exact) mass is 253 g/mol. The largest absolute Gasteiger partial charge is 0.330 e. The first kappa shape index (κ1) is 13.0. The van der Waals surface area contributed by atoms with E-state index in [0.717, 1.165) is 18.1 Å². The molecular weight excluding hydrogens is 230 g/mol. The van der Waals surface area contributed by atoms with Gasteiger partial charge in [0.2, 0.25) is 0 Å². The lowest BCUT2D eigenvalue weighted by Crippen LogP contribution is -2.12. The van der Waals surface area contributed by atoms with E-state index in [4.69, 9.17) is 5.73 Å². The van der Waals surface area contributed by atoms with Crippen LogP contribution >= 0.6 is 11.8 Å². The second kappa shape index (κ2) is 6.45. The summed E-state index contributed by atoms with van der Waals surface area (Å²) in [6.07, 6.45) is 7.49. The zero-order chi connectivity index (χ0) is 12.1. The molecule has 0 saturated heterocycles. The summed E-state index contributed by atoms with van der Waals surface area (Å²) in [6, 6.07) is 2.83. The van der Waals surface area contributed by atoms with Gasteiger partial charge in [0.25, 0.3) is 0 Å². The van der Waals surface area contributed by atoms with Crippen molar-refractivity contribution in [3.05, 3.63) is 18.0 Å². The van der Waals surface area contributed by atoms with Crippen LogP contribution in [0.4, 0.5) is 0 Å². The number of rotatable bonds is 6. The van der Waals surface area contributed by atoms with Gasteiger partial charge >= 0.3 is 0 Å². The van der Waals surface area contributed by atoms with Gasteiger partial charge in [0.1, 0.15) is 0 Å². The van der Waals surface area contributed by atoms with E-state index in [9.17, 15) is 0 Å². The molecule has 0 aromatic carbocycles. The molecule has 2 N–H and O–H groups in total. The fraction of sp³-hybridized carbons (Fsp3) is 0.769. The minimum atomic E-state index is 0.608. The Bertz CT molecular complexity index is 331. The van der Waals surface area contributed by atoms with Gasteiger partial charge in [-0.15, -0.1) is 0 Å². The minimum Gasteiger partial charge on any atom is -0.330 e. The van der Waals surface area contributed by atoms with Gasteiger partial charge in [-0.3, -0.25) is 4.68 Å². The van der Waals surface area contributed by atoms with Crippen LogP contribution in [0.15, 0.2) is 12.3 Å². The molecule has 1 heterocycles. The predicted octanol–water partition coefficient (Wildman–Crippen LogP) is 2.83. The van der Waals surface area contributed by atoms with Gasteiger partial charge in [-0.1, -0.05) is 19.8 Å². The summed E-state index contributed by atoms with van der Waals surface area (Å²) in [4.78, 5) is 0. The smallest absolute Gasteiger partial charge is 0.0723 e. The van der Waals surface area contributed by atoms with Gasteiger partial charge in [0, 0.05) is 11.9 Å². The van der Waals surface area contributed by atoms with E-state index in [1.807, 2.05) is 11.8 Å². The molecule has 0 bridgehead atoms. The van der Waals surface area contributed by atoms with Crippen LogP contribution in [0.3, 0.4) is 0 Å². The molecule has 1 unspecified atom stereocenters. The summed E-state index contributed by atoms with van der Waals surface area (Å²) in [7, 11) is 0. The molecular formula is C13H23N3S. The Morgan fingerprint density at radius 2 is 2.29 bits per heavy atom. The molecule has 1 aromatic rings. The zero-order valence-corrected chi connectivity index (χ0v) is 11.5. The highest BCUT2D eigenvalue weighted by Crippen LogP contribution is 2.29. The van der Waals surface area contributed by atoms with Crippen LogP contribution < -0.4 is 5.73 Å². The molecule has 1 aromatic heterocycles. The second-order valence-corrected chi connectivity index (χ2v) is 6.11. The van der Waals surface area contributed by atoms with Crippen LogP contribution in [0, 0.1) is 5.92 Å². The highest BCUT2D eigenvalue weighted by molar-refractivity contribution is 7.98. The molecule has 0 aliphatic heterocycles. The second-order valence-electron chi connectivity index (χ2n) is 5.08. The molecule has 2 rings (SSSR count). The standard InChI is InChI=1S/C13H23N3S/c1-11(8-14)9-17-10-12-6-7-16(15-12)13-4-2-3-5-13/h6-7,11,13H,2-5,8-10,14H2,1H3. The van der Waals surface area contributed by atoms with Gasteiger partial charge < -0.3 is 5.73 Å². The number of aromatic nitrogens is 2. The molecule has 1 aliphatic carbocycles. The Balaban J connectivity index is 1.77. The first-order chi connectivity index (χ1) is 8.29. The third-order valence-electron chi connectivity index (χ3n) is 3.42. The maximum absolute atomic E-state index is 5.61. The van der Waals surface area contributed by atoms with Crippen molar-refractivity contribution in [3.8, 4) is 0 Å². The van der Waals surface area contributed by atoms with Gasteiger partial charge in [-0.25, -0.2) is 0 Å². The molecule has 17 heavy (non-hydrogen) atoms. The SMILES string of the molecule is CC(CN)CSCc1ccn(C2CCCC2)n1. The first-order valence-corrected chi connectivity index (χ1v) is 7.77. The van der Waals surface area contributed by atoms with Crippen molar-refractivity contribution < 1.29 is 0 Å². The Morgan fingerprint density at radius 1 is 1.53 bits per heavy atom. The van der Waals surface area contributed by atoms with E-state index in [2.05, 4.69) is 29.0 Å². The van der Waals surface area contributed by atoms with Gasteiger partial charge in [0.15, 0.2) is 0 Å². The lowest BCUT2D eigenvalue weighted by atomic mass is 10.2. The molecule has 1 fully saturated rings. The lowest BCUT2D eigenvalue weighted by Gasteiger charge is -2.09. The Morgan fingerprint density at radius 3 is 3.00 bits per heavy atom. The molecule has 1 aliphatic rings. The van der Waals surface area contributed by atoms with E-state index in [-0.39, 0.29) is 0 Å². The normalized spacial score (nSPS) is 18.7. The maximum Gasteiger partial charge on any atom is 0.0723 e. The van der Waals surface area contributed by atoms with Crippen LogP contribution in [0.2, 0.25) is 0 Å². The summed E-state index contributed by atoms with van der Waals surface area (Å²) in [5.74, 6) is 2.76. The van der Waals surface area contributed by atoms with Crippen molar-refractivity contribution in [2.24, 2.45) is 11.7 Å². The summed E-state index contributed by atoms with van der Waals surface area (Å²) in [5.41, 5.74) is 6.82. The number of nitrogens with zero attached hydrogens (tertiary/aromatic N) is 2. The van der Waals surface area contributed by atoms with Crippen molar-refractivity contribution >= 4 is 11.8 Å². The Labute approximate surface area is 108 Å². The zero-order valence-electron chi connectivity index (χ0n) is 10.6. The molecule has 0 amide bonds. The fourth-order valence-corrected chi connectivity index (χ4v) is 3.28. The van der Waals surface area contributed by atoms with Crippen LogP contribution in [-0.2, 0) is 5.75 Å². The van der Waals surface area contributed by atoms with Gasteiger partial charge in [0.05, 0.1) is 11.7 Å². The van der Waals surface area contributed by atoms with Crippen LogP contribution in [0.25, 0.3) is 0 Å². The third-order valence-corrected chi connectivity index (χ3v) is 4.72. The highest BCUT2D eigenvalue weighted by atomic mass is 32.2. The fourth-order valence-electron chi connectivity index (χ4n) is 2.26. The lowest BCUT2D eigenvalue weighted by molar-refractivity contribution is 0.464. The third kappa shape index (κ3) is 3.75. The van der Waals surface area contributed by atoms with E-state index in [0.29, 0.717) is 12.0 Å². The Kier molecular flexibility index (Phi) is 4.92. The van der Waals surface area contributed by atoms with Gasteiger partial charge in [-0.2, -0.15) is 16.9 Å². The molecule has 4 heteroatoms. The molecule has 0 spiro atoms. The van der Waals surface area contributed by atoms with Crippen molar-refractivity contribution in [2.75, 3.05) is 12.3 Å². The van der Waals surface area contributed by atoms with Gasteiger partial charge in [-0.05, 0) is 37.1 Å². The average molecular weight is 253 g/mol. The van der Waals surface area contributed by atoms with Crippen LogP contribution in [0.1, 0.15) is 44.3 Å². The first-order valence-electron chi connectivity index (χ1n) is 6.61. The van der Waals surface area contributed by atoms with Crippen molar-refractivity contribution in [1.82, 2.24) is 9.78 Å². The molecule has 3 nitrogen and oxygen atoms in total. The Hall–Kier alpha value is -0.480. The highest BCUT2D eigenvalue weighted by Gasteiger charge is 2.17. The summed E-state index contributed by atoms with van der Waals surface area (Å²) < 4.78 is 2.18. The van der Waals surface area contributed by atoms with Crippen molar-refractivity contribution in [2.45, 2.75) is 44.4 Å². The molecule has 96 valence electrons. The van der Waals surface area contributed by atoms with E-state index in [1.165, 1.54) is 31.4 Å². The van der Waals surface area contributed by atoms with Crippen molar-refractivity contribution in [3.63, 3.8) is 0 Å². The quantitative estimate of drug-likeness (QED) is 0.848. The molecule has 1 atom stereocenters. The molecule has 0 radical (unpaired) electrons. The van der Waals surface area contributed by atoms with E-state index < -0.39 is 0 Å². The minimum absolute atomic E-state index is 0.608. The van der Waals surface area contributed by atoms with Crippen LogP contribution in [0.5, 0.6) is 0 Å². The maximum atomic E-state index is 5.61. The number of nitrogens with two attached hydrogens (primary N) is 1. The number of hydrogen-bond acceptors (Lipinski definition) is 3. The van der Waals surface area contributed by atoms with Crippen LogP contribution in [-0.4, -0.2) is 22.1 Å². The number of thioether (sulfide) groups is 1. The summed E-state index contributed by atoms with van der Waals surface area (Å²) in [6.45, 7) is 2.98. The topological polar surface area (TPSA) is 43.8 Å². The predicted molar refractivity (Wildman–Crippen MR) is 74.1 cm³/mol. The summed E-state index contributed by atoms with van der Waals surface area (Å²) >= 11 is 1.94. The van der Waals surface area contributed by atoms with E-state index in [1.54, 1.807) is 0 Å². The average Bonchev–Trinajstić information content (AvgIpc) is 2.98. The van der Waals surface area contributed by atoms with E-state index >= 15 is 0 Å². The summed E-state index contributed by atoms with van der Waals surface area (Å²) in [5, 5.41) is 4.68. The van der Waals surface area contributed by atoms with Crippen molar-refractivity contribution in [1.29, 1.82) is 0 Å².